The molecule has 1 aliphatic carbocycles. The van der Waals surface area contributed by atoms with Crippen molar-refractivity contribution in [3.05, 3.63) is 28.2 Å². The summed E-state index contributed by atoms with van der Waals surface area (Å²) in [5, 5.41) is 3.18. The van der Waals surface area contributed by atoms with Crippen LogP contribution in [0.1, 0.15) is 37.7 Å². The van der Waals surface area contributed by atoms with Crippen LogP contribution in [0, 0.1) is 0 Å². The van der Waals surface area contributed by atoms with E-state index in [-0.39, 0.29) is 5.60 Å². The van der Waals surface area contributed by atoms with E-state index < -0.39 is 0 Å². The Morgan fingerprint density at radius 2 is 2.30 bits per heavy atom. The summed E-state index contributed by atoms with van der Waals surface area (Å²) in [4.78, 5) is 0. The third-order valence-electron chi connectivity index (χ3n) is 4.40. The van der Waals surface area contributed by atoms with Crippen LogP contribution < -0.4 is 10.1 Å². The number of hydrogen-bond acceptors (Lipinski definition) is 3. The molecule has 1 saturated carbocycles. The van der Waals surface area contributed by atoms with Gasteiger partial charge in [0, 0.05) is 23.9 Å². The van der Waals surface area contributed by atoms with Gasteiger partial charge in [0.15, 0.2) is 0 Å². The summed E-state index contributed by atoms with van der Waals surface area (Å²) in [5.41, 5.74) is 1.38. The predicted molar refractivity (Wildman–Crippen MR) is 83.1 cm³/mol. The van der Waals surface area contributed by atoms with Gasteiger partial charge >= 0.3 is 0 Å². The van der Waals surface area contributed by atoms with Crippen molar-refractivity contribution >= 4 is 15.9 Å². The fraction of sp³-hybridized carbons (Fsp3) is 0.625. The lowest BCUT2D eigenvalue weighted by atomic mass is 9.74. The van der Waals surface area contributed by atoms with Crippen LogP contribution in [0.5, 0.6) is 5.75 Å². The average Bonchev–Trinajstić information content (AvgIpc) is 2.41. The van der Waals surface area contributed by atoms with E-state index in [1.165, 1.54) is 24.8 Å². The molecule has 1 N–H and O–H groups in total. The highest BCUT2D eigenvalue weighted by atomic mass is 79.9. The molecule has 1 spiro atoms. The van der Waals surface area contributed by atoms with E-state index in [1.807, 2.05) is 13.1 Å². The molecule has 110 valence electrons. The Morgan fingerprint density at radius 3 is 3.00 bits per heavy atom. The second-order valence-corrected chi connectivity index (χ2v) is 6.76. The van der Waals surface area contributed by atoms with Crippen LogP contribution in [0.15, 0.2) is 22.7 Å². The van der Waals surface area contributed by atoms with Gasteiger partial charge in [0.1, 0.15) is 11.9 Å². The van der Waals surface area contributed by atoms with E-state index in [1.54, 1.807) is 0 Å². The Bertz CT molecular complexity index is 474. The summed E-state index contributed by atoms with van der Waals surface area (Å²) in [6.45, 7) is 1.68. The number of rotatable bonds is 4. The van der Waals surface area contributed by atoms with E-state index in [0.717, 1.165) is 36.2 Å². The summed E-state index contributed by atoms with van der Waals surface area (Å²) in [6, 6.07) is 6.25. The molecule has 4 heteroatoms. The van der Waals surface area contributed by atoms with Crippen LogP contribution >= 0.6 is 15.9 Å². The van der Waals surface area contributed by atoms with E-state index in [4.69, 9.17) is 9.47 Å². The van der Waals surface area contributed by atoms with E-state index in [9.17, 15) is 0 Å². The van der Waals surface area contributed by atoms with Crippen LogP contribution in [-0.2, 0) is 11.3 Å². The molecule has 0 radical (unpaired) electrons. The molecule has 0 aromatic heterocycles. The first-order valence-corrected chi connectivity index (χ1v) is 8.24. The number of nitrogens with one attached hydrogen (secondary N) is 1. The Hall–Kier alpha value is -0.580. The Kier molecular flexibility index (Phi) is 4.34. The van der Waals surface area contributed by atoms with Gasteiger partial charge in [-0.2, -0.15) is 0 Å². The van der Waals surface area contributed by atoms with E-state index in [2.05, 4.69) is 33.4 Å². The Labute approximate surface area is 129 Å². The third-order valence-corrected chi connectivity index (χ3v) is 5.17. The minimum absolute atomic E-state index is 0.145. The Morgan fingerprint density at radius 1 is 1.45 bits per heavy atom. The molecule has 3 rings (SSSR count). The summed E-state index contributed by atoms with van der Waals surface area (Å²) >= 11 is 3.58. The zero-order valence-electron chi connectivity index (χ0n) is 12.0. The van der Waals surface area contributed by atoms with Crippen molar-refractivity contribution in [2.45, 2.75) is 50.4 Å². The molecule has 1 heterocycles. The topological polar surface area (TPSA) is 30.5 Å². The fourth-order valence-electron chi connectivity index (χ4n) is 3.15. The van der Waals surface area contributed by atoms with Crippen molar-refractivity contribution in [2.24, 2.45) is 0 Å². The molecule has 1 aliphatic heterocycles. The molecule has 1 saturated heterocycles. The van der Waals surface area contributed by atoms with Crippen LogP contribution in [0.3, 0.4) is 0 Å². The number of halogens is 1. The second-order valence-electron chi connectivity index (χ2n) is 5.90. The highest BCUT2D eigenvalue weighted by Crippen LogP contribution is 2.43. The van der Waals surface area contributed by atoms with E-state index in [0.29, 0.717) is 6.10 Å². The lowest BCUT2D eigenvalue weighted by Crippen LogP contribution is -2.48. The summed E-state index contributed by atoms with van der Waals surface area (Å²) in [5.74, 6) is 0.972. The highest BCUT2D eigenvalue weighted by Gasteiger charge is 2.43. The van der Waals surface area contributed by atoms with Gasteiger partial charge in [-0.05, 0) is 50.1 Å². The SMILES string of the molecule is CNCc1cc(OC2CCOC3(CCC3)C2)ccc1Br. The van der Waals surface area contributed by atoms with Crippen molar-refractivity contribution in [1.29, 1.82) is 0 Å². The van der Waals surface area contributed by atoms with Gasteiger partial charge in [0.2, 0.25) is 0 Å². The normalized spacial score (nSPS) is 24.4. The maximum atomic E-state index is 6.20. The molecule has 2 fully saturated rings. The largest absolute Gasteiger partial charge is 0.490 e. The van der Waals surface area contributed by atoms with Crippen LogP contribution in [0.4, 0.5) is 0 Å². The van der Waals surface area contributed by atoms with Gasteiger partial charge in [0.25, 0.3) is 0 Å². The number of benzene rings is 1. The van der Waals surface area contributed by atoms with Crippen LogP contribution in [-0.4, -0.2) is 25.4 Å². The van der Waals surface area contributed by atoms with Crippen molar-refractivity contribution < 1.29 is 9.47 Å². The maximum Gasteiger partial charge on any atom is 0.120 e. The predicted octanol–water partition coefficient (Wildman–Crippen LogP) is 3.65. The van der Waals surface area contributed by atoms with Gasteiger partial charge in [-0.1, -0.05) is 15.9 Å². The first kappa shape index (κ1) is 14.4. The van der Waals surface area contributed by atoms with Gasteiger partial charge in [-0.25, -0.2) is 0 Å². The first-order valence-electron chi connectivity index (χ1n) is 7.44. The fourth-order valence-corrected chi connectivity index (χ4v) is 3.53. The van der Waals surface area contributed by atoms with Crippen molar-refractivity contribution in [3.63, 3.8) is 0 Å². The molecular weight excluding hydrogens is 318 g/mol. The molecular formula is C16H22BrNO2. The zero-order valence-corrected chi connectivity index (χ0v) is 13.5. The van der Waals surface area contributed by atoms with Gasteiger partial charge < -0.3 is 14.8 Å². The number of hydrogen-bond donors (Lipinski definition) is 1. The van der Waals surface area contributed by atoms with E-state index >= 15 is 0 Å². The van der Waals surface area contributed by atoms with Crippen LogP contribution in [0.2, 0.25) is 0 Å². The van der Waals surface area contributed by atoms with Crippen molar-refractivity contribution in [3.8, 4) is 5.75 Å². The molecule has 3 nitrogen and oxygen atoms in total. The molecule has 0 bridgehead atoms. The lowest BCUT2D eigenvalue weighted by molar-refractivity contribution is -0.153. The highest BCUT2D eigenvalue weighted by molar-refractivity contribution is 9.10. The van der Waals surface area contributed by atoms with Gasteiger partial charge in [-0.3, -0.25) is 0 Å². The molecule has 1 aromatic carbocycles. The molecule has 20 heavy (non-hydrogen) atoms. The molecule has 1 unspecified atom stereocenters. The van der Waals surface area contributed by atoms with Crippen LogP contribution in [0.25, 0.3) is 0 Å². The summed E-state index contributed by atoms with van der Waals surface area (Å²) < 4.78 is 13.3. The number of ether oxygens (including phenoxy) is 2. The average molecular weight is 340 g/mol. The van der Waals surface area contributed by atoms with Gasteiger partial charge in [-0.15, -0.1) is 0 Å². The monoisotopic (exact) mass is 339 g/mol. The minimum Gasteiger partial charge on any atom is -0.490 e. The minimum atomic E-state index is 0.145. The third kappa shape index (κ3) is 3.02. The van der Waals surface area contributed by atoms with Crippen molar-refractivity contribution in [1.82, 2.24) is 5.32 Å². The molecule has 0 amide bonds. The lowest BCUT2D eigenvalue weighted by Gasteiger charge is -2.46. The summed E-state index contributed by atoms with van der Waals surface area (Å²) in [6.07, 6.45) is 6.06. The second kappa shape index (κ2) is 6.04. The smallest absolute Gasteiger partial charge is 0.120 e. The van der Waals surface area contributed by atoms with Gasteiger partial charge in [0.05, 0.1) is 12.2 Å². The zero-order chi connectivity index (χ0) is 14.0. The Balaban J connectivity index is 1.66. The molecule has 2 aliphatic rings. The first-order chi connectivity index (χ1) is 9.71. The molecule has 1 aromatic rings. The quantitative estimate of drug-likeness (QED) is 0.908. The van der Waals surface area contributed by atoms with Crippen molar-refractivity contribution in [2.75, 3.05) is 13.7 Å². The standard InChI is InChI=1S/C16H22BrNO2/c1-18-11-12-9-13(3-4-15(12)17)20-14-5-8-19-16(10-14)6-2-7-16/h3-4,9,14,18H,2,5-8,10-11H2,1H3. The maximum absolute atomic E-state index is 6.20. The molecule has 1 atom stereocenters. The summed E-state index contributed by atoms with van der Waals surface area (Å²) in [7, 11) is 1.96.